The first-order valence-corrected chi connectivity index (χ1v) is 6.83. The average molecular weight is 287 g/mol. The van der Waals surface area contributed by atoms with E-state index < -0.39 is 0 Å². The Morgan fingerprint density at radius 1 is 1.38 bits per heavy atom. The van der Waals surface area contributed by atoms with Gasteiger partial charge < -0.3 is 14.2 Å². The number of carbonyl (C=O) groups is 1. The number of rotatable bonds is 3. The highest BCUT2D eigenvalue weighted by atomic mass is 16.5. The SMILES string of the molecule is COc1ccc(C)cc1N1C[C@H](c2nc(C)no2)CC1=O. The van der Waals surface area contributed by atoms with E-state index in [1.807, 2.05) is 25.1 Å². The maximum atomic E-state index is 12.3. The molecule has 2 heterocycles. The minimum absolute atomic E-state index is 0.0414. The molecule has 6 nitrogen and oxygen atoms in total. The minimum atomic E-state index is -0.0658. The highest BCUT2D eigenvalue weighted by Gasteiger charge is 2.36. The number of carbonyl (C=O) groups excluding carboxylic acids is 1. The van der Waals surface area contributed by atoms with Crippen LogP contribution in [0.3, 0.4) is 0 Å². The lowest BCUT2D eigenvalue weighted by atomic mass is 10.1. The van der Waals surface area contributed by atoms with E-state index >= 15 is 0 Å². The number of ether oxygens (including phenoxy) is 1. The zero-order valence-electron chi connectivity index (χ0n) is 12.3. The predicted molar refractivity (Wildman–Crippen MR) is 76.5 cm³/mol. The van der Waals surface area contributed by atoms with Gasteiger partial charge in [-0.2, -0.15) is 4.98 Å². The Labute approximate surface area is 122 Å². The summed E-state index contributed by atoms with van der Waals surface area (Å²) in [5.74, 6) is 1.78. The van der Waals surface area contributed by atoms with Crippen LogP contribution in [0.1, 0.15) is 29.6 Å². The Balaban J connectivity index is 1.90. The number of benzene rings is 1. The fourth-order valence-corrected chi connectivity index (χ4v) is 2.60. The smallest absolute Gasteiger partial charge is 0.232 e. The number of nitrogens with zero attached hydrogens (tertiary/aromatic N) is 3. The van der Waals surface area contributed by atoms with Crippen LogP contribution in [0.4, 0.5) is 5.69 Å². The van der Waals surface area contributed by atoms with Gasteiger partial charge in [-0.3, -0.25) is 4.79 Å². The van der Waals surface area contributed by atoms with Crippen LogP contribution >= 0.6 is 0 Å². The van der Waals surface area contributed by atoms with E-state index in [0.717, 1.165) is 11.3 Å². The zero-order valence-corrected chi connectivity index (χ0v) is 12.3. The van der Waals surface area contributed by atoms with E-state index in [0.29, 0.717) is 30.4 Å². The number of hydrogen-bond acceptors (Lipinski definition) is 5. The Hall–Kier alpha value is -2.37. The predicted octanol–water partition coefficient (Wildman–Crippen LogP) is 2.22. The van der Waals surface area contributed by atoms with E-state index in [-0.39, 0.29) is 11.8 Å². The molecule has 6 heteroatoms. The standard InChI is InChI=1S/C15H17N3O3/c1-9-4-5-13(20-3)12(6-9)18-8-11(7-14(18)19)15-16-10(2)17-21-15/h4-6,11H,7-8H2,1-3H3/t11-/m1/s1. The molecule has 2 aromatic rings. The van der Waals surface area contributed by atoms with E-state index in [1.165, 1.54) is 0 Å². The van der Waals surface area contributed by atoms with Gasteiger partial charge in [0, 0.05) is 13.0 Å². The molecular weight excluding hydrogens is 270 g/mol. The van der Waals surface area contributed by atoms with Crippen LogP contribution in [0.15, 0.2) is 22.7 Å². The third-order valence-electron chi connectivity index (χ3n) is 3.64. The molecule has 0 unspecified atom stereocenters. The molecule has 1 fully saturated rings. The molecule has 0 saturated carbocycles. The summed E-state index contributed by atoms with van der Waals surface area (Å²) in [5.41, 5.74) is 1.87. The van der Waals surface area contributed by atoms with E-state index in [4.69, 9.17) is 9.26 Å². The molecule has 0 N–H and O–H groups in total. The second-order valence-corrected chi connectivity index (χ2v) is 5.26. The number of anilines is 1. The number of hydrogen-bond donors (Lipinski definition) is 0. The summed E-state index contributed by atoms with van der Waals surface area (Å²) in [5, 5.41) is 3.79. The molecule has 0 spiro atoms. The quantitative estimate of drug-likeness (QED) is 0.865. The van der Waals surface area contributed by atoms with Crippen molar-refractivity contribution in [2.45, 2.75) is 26.2 Å². The lowest BCUT2D eigenvalue weighted by Gasteiger charge is -2.19. The van der Waals surface area contributed by atoms with Crippen molar-refractivity contribution in [3.05, 3.63) is 35.5 Å². The average Bonchev–Trinajstić information content (AvgIpc) is 3.05. The van der Waals surface area contributed by atoms with Crippen LogP contribution in [0, 0.1) is 13.8 Å². The van der Waals surface area contributed by atoms with Crippen LogP contribution in [0.2, 0.25) is 0 Å². The van der Waals surface area contributed by atoms with Gasteiger partial charge in [0.25, 0.3) is 0 Å². The van der Waals surface area contributed by atoms with E-state index in [2.05, 4.69) is 10.1 Å². The second kappa shape index (κ2) is 5.20. The first kappa shape index (κ1) is 13.6. The van der Waals surface area contributed by atoms with Gasteiger partial charge in [0.1, 0.15) is 5.75 Å². The Kier molecular flexibility index (Phi) is 3.37. The first-order chi connectivity index (χ1) is 10.1. The number of methoxy groups -OCH3 is 1. The van der Waals surface area contributed by atoms with Gasteiger partial charge in [-0.05, 0) is 31.5 Å². The molecule has 1 saturated heterocycles. The molecule has 0 radical (unpaired) electrons. The Morgan fingerprint density at radius 3 is 2.86 bits per heavy atom. The molecule has 0 aliphatic carbocycles. The maximum Gasteiger partial charge on any atom is 0.232 e. The van der Waals surface area contributed by atoms with Crippen molar-refractivity contribution in [2.24, 2.45) is 0 Å². The molecule has 21 heavy (non-hydrogen) atoms. The van der Waals surface area contributed by atoms with Crippen molar-refractivity contribution in [3.63, 3.8) is 0 Å². The first-order valence-electron chi connectivity index (χ1n) is 6.83. The molecule has 1 amide bonds. The van der Waals surface area contributed by atoms with Crippen molar-refractivity contribution in [1.82, 2.24) is 10.1 Å². The molecule has 1 atom stereocenters. The topological polar surface area (TPSA) is 68.5 Å². The lowest BCUT2D eigenvalue weighted by molar-refractivity contribution is -0.117. The molecule has 1 aromatic carbocycles. The number of amides is 1. The van der Waals surface area contributed by atoms with Crippen molar-refractivity contribution < 1.29 is 14.1 Å². The van der Waals surface area contributed by atoms with Crippen LogP contribution in [-0.4, -0.2) is 29.7 Å². The Bertz CT molecular complexity index is 681. The molecule has 1 aliphatic heterocycles. The van der Waals surface area contributed by atoms with Crippen LogP contribution in [0.5, 0.6) is 5.75 Å². The summed E-state index contributed by atoms with van der Waals surface area (Å²) in [6.07, 6.45) is 0.374. The third-order valence-corrected chi connectivity index (χ3v) is 3.64. The second-order valence-electron chi connectivity index (χ2n) is 5.26. The number of aryl methyl sites for hydroxylation is 2. The highest BCUT2D eigenvalue weighted by molar-refractivity contribution is 5.97. The van der Waals surface area contributed by atoms with Crippen molar-refractivity contribution in [1.29, 1.82) is 0 Å². The normalized spacial score (nSPS) is 18.3. The lowest BCUT2D eigenvalue weighted by Crippen LogP contribution is -2.25. The summed E-state index contributed by atoms with van der Waals surface area (Å²) in [6, 6.07) is 5.79. The van der Waals surface area contributed by atoms with Gasteiger partial charge >= 0.3 is 0 Å². The largest absolute Gasteiger partial charge is 0.495 e. The van der Waals surface area contributed by atoms with Gasteiger partial charge in [-0.1, -0.05) is 11.2 Å². The molecule has 1 aliphatic rings. The summed E-state index contributed by atoms with van der Waals surface area (Å²) >= 11 is 0. The van der Waals surface area contributed by atoms with Gasteiger partial charge in [0.15, 0.2) is 5.82 Å². The van der Waals surface area contributed by atoms with Crippen LogP contribution in [-0.2, 0) is 4.79 Å². The Morgan fingerprint density at radius 2 is 2.19 bits per heavy atom. The van der Waals surface area contributed by atoms with Crippen molar-refractivity contribution in [3.8, 4) is 5.75 Å². The van der Waals surface area contributed by atoms with Crippen LogP contribution in [0.25, 0.3) is 0 Å². The highest BCUT2D eigenvalue weighted by Crippen LogP contribution is 2.36. The van der Waals surface area contributed by atoms with Crippen molar-refractivity contribution >= 4 is 11.6 Å². The van der Waals surface area contributed by atoms with Gasteiger partial charge in [-0.25, -0.2) is 0 Å². The molecular formula is C15H17N3O3. The van der Waals surface area contributed by atoms with Crippen molar-refractivity contribution in [2.75, 3.05) is 18.6 Å². The summed E-state index contributed by atoms with van der Waals surface area (Å²) in [4.78, 5) is 18.3. The fourth-order valence-electron chi connectivity index (χ4n) is 2.60. The number of aromatic nitrogens is 2. The molecule has 1 aromatic heterocycles. The fraction of sp³-hybridized carbons (Fsp3) is 0.400. The summed E-state index contributed by atoms with van der Waals surface area (Å²) < 4.78 is 10.6. The monoisotopic (exact) mass is 287 g/mol. The van der Waals surface area contributed by atoms with Gasteiger partial charge in [-0.15, -0.1) is 0 Å². The summed E-state index contributed by atoms with van der Waals surface area (Å²) in [7, 11) is 1.60. The molecule has 3 rings (SSSR count). The van der Waals surface area contributed by atoms with Crippen LogP contribution < -0.4 is 9.64 Å². The zero-order chi connectivity index (χ0) is 15.0. The van der Waals surface area contributed by atoms with Gasteiger partial charge in [0.05, 0.1) is 18.7 Å². The molecule has 110 valence electrons. The minimum Gasteiger partial charge on any atom is -0.495 e. The maximum absolute atomic E-state index is 12.3. The molecule has 0 bridgehead atoms. The van der Waals surface area contributed by atoms with E-state index in [9.17, 15) is 4.79 Å². The third kappa shape index (κ3) is 2.49. The van der Waals surface area contributed by atoms with E-state index in [1.54, 1.807) is 18.9 Å². The summed E-state index contributed by atoms with van der Waals surface area (Å²) in [6.45, 7) is 4.29. The van der Waals surface area contributed by atoms with Gasteiger partial charge in [0.2, 0.25) is 11.8 Å².